The number of fused-ring (bicyclic) bond motifs is 1. The number of likely N-dealkylation sites (tertiary alicyclic amines) is 1. The number of sulfonamides is 1. The van der Waals surface area contributed by atoms with Crippen molar-refractivity contribution in [3.63, 3.8) is 0 Å². The molecule has 2 aliphatic rings. The summed E-state index contributed by atoms with van der Waals surface area (Å²) in [5.41, 5.74) is 2.50. The third-order valence-corrected chi connectivity index (χ3v) is 7.27. The van der Waals surface area contributed by atoms with E-state index in [9.17, 15) is 18.0 Å². The monoisotopic (exact) mass is 428 g/mol. The van der Waals surface area contributed by atoms with Gasteiger partial charge in [-0.1, -0.05) is 24.3 Å². The van der Waals surface area contributed by atoms with Crippen LogP contribution in [0.1, 0.15) is 17.7 Å². The Morgan fingerprint density at radius 3 is 2.77 bits per heavy atom. The van der Waals surface area contributed by atoms with Crippen molar-refractivity contribution < 1.29 is 18.0 Å². The maximum absolute atomic E-state index is 12.7. The van der Waals surface area contributed by atoms with E-state index in [1.54, 1.807) is 23.2 Å². The van der Waals surface area contributed by atoms with Gasteiger partial charge in [0, 0.05) is 32.3 Å². The van der Waals surface area contributed by atoms with Gasteiger partial charge in [-0.3, -0.25) is 18.9 Å². The van der Waals surface area contributed by atoms with Crippen LogP contribution in [0, 0.1) is 5.92 Å². The number of rotatable bonds is 7. The number of para-hydroxylation sites is 1. The maximum Gasteiger partial charge on any atom is 0.236 e. The summed E-state index contributed by atoms with van der Waals surface area (Å²) in [6.45, 7) is 1.12. The highest BCUT2D eigenvalue weighted by atomic mass is 32.2. The Morgan fingerprint density at radius 2 is 1.97 bits per heavy atom. The fourth-order valence-corrected chi connectivity index (χ4v) is 5.37. The molecule has 1 N–H and O–H groups in total. The SMILES string of the molecule is O=C(NCCS(=O)(=O)N1CCc2ccccc21)C1CC(=O)N(Cc2ccccn2)C1. The second-order valence-electron chi connectivity index (χ2n) is 7.55. The highest BCUT2D eigenvalue weighted by Gasteiger charge is 2.35. The molecule has 0 bridgehead atoms. The standard InChI is InChI=1S/C21H24N4O4S/c26-20-13-17(14-24(20)15-18-6-3-4-9-22-18)21(27)23-10-12-30(28,29)25-11-8-16-5-1-2-7-19(16)25/h1-7,9,17H,8,10-15H2,(H,23,27). The summed E-state index contributed by atoms with van der Waals surface area (Å²) >= 11 is 0. The number of pyridine rings is 1. The van der Waals surface area contributed by atoms with Crippen molar-refractivity contribution in [2.24, 2.45) is 5.92 Å². The van der Waals surface area contributed by atoms with E-state index in [0.717, 1.165) is 16.9 Å². The second-order valence-corrected chi connectivity index (χ2v) is 9.57. The molecular formula is C21H24N4O4S. The van der Waals surface area contributed by atoms with Gasteiger partial charge in [0.1, 0.15) is 0 Å². The Bertz CT molecular complexity index is 1040. The topological polar surface area (TPSA) is 99.7 Å². The molecule has 2 aromatic rings. The molecule has 3 heterocycles. The molecule has 0 spiro atoms. The van der Waals surface area contributed by atoms with Gasteiger partial charge in [0.25, 0.3) is 0 Å². The Morgan fingerprint density at radius 1 is 1.17 bits per heavy atom. The average molecular weight is 429 g/mol. The average Bonchev–Trinajstić information content (AvgIpc) is 3.33. The largest absolute Gasteiger partial charge is 0.355 e. The number of aromatic nitrogens is 1. The summed E-state index contributed by atoms with van der Waals surface area (Å²) in [5, 5.41) is 2.69. The molecule has 158 valence electrons. The van der Waals surface area contributed by atoms with Gasteiger partial charge in [0.2, 0.25) is 21.8 Å². The molecule has 2 aliphatic heterocycles. The number of nitrogens with zero attached hydrogens (tertiary/aromatic N) is 3. The summed E-state index contributed by atoms with van der Waals surface area (Å²) in [4.78, 5) is 30.5. The number of carbonyl (C=O) groups is 2. The van der Waals surface area contributed by atoms with E-state index in [2.05, 4.69) is 10.3 Å². The lowest BCUT2D eigenvalue weighted by molar-refractivity contribution is -0.129. The zero-order chi connectivity index (χ0) is 21.1. The van der Waals surface area contributed by atoms with Crippen molar-refractivity contribution >= 4 is 27.5 Å². The first kappa shape index (κ1) is 20.3. The van der Waals surface area contributed by atoms with Crippen LogP contribution in [-0.2, 0) is 32.6 Å². The van der Waals surface area contributed by atoms with Crippen LogP contribution >= 0.6 is 0 Å². The predicted molar refractivity (Wildman–Crippen MR) is 112 cm³/mol. The van der Waals surface area contributed by atoms with Crippen LogP contribution < -0.4 is 9.62 Å². The number of anilines is 1. The van der Waals surface area contributed by atoms with E-state index >= 15 is 0 Å². The van der Waals surface area contributed by atoms with Gasteiger partial charge >= 0.3 is 0 Å². The van der Waals surface area contributed by atoms with E-state index in [1.165, 1.54) is 4.31 Å². The third-order valence-electron chi connectivity index (χ3n) is 5.50. The summed E-state index contributed by atoms with van der Waals surface area (Å²) in [6, 6.07) is 12.9. The maximum atomic E-state index is 12.7. The number of hydrogen-bond acceptors (Lipinski definition) is 5. The number of benzene rings is 1. The Balaban J connectivity index is 1.28. The molecule has 9 heteroatoms. The molecule has 1 unspecified atom stereocenters. The molecule has 1 fully saturated rings. The zero-order valence-electron chi connectivity index (χ0n) is 16.5. The number of carbonyl (C=O) groups excluding carboxylic acids is 2. The molecule has 0 radical (unpaired) electrons. The molecule has 1 aromatic heterocycles. The lowest BCUT2D eigenvalue weighted by Gasteiger charge is -2.20. The highest BCUT2D eigenvalue weighted by molar-refractivity contribution is 7.92. The van der Waals surface area contributed by atoms with Crippen molar-refractivity contribution in [3.8, 4) is 0 Å². The summed E-state index contributed by atoms with van der Waals surface area (Å²) < 4.78 is 26.8. The van der Waals surface area contributed by atoms with Gasteiger partial charge in [-0.25, -0.2) is 8.42 Å². The van der Waals surface area contributed by atoms with Crippen molar-refractivity contribution in [1.29, 1.82) is 0 Å². The quantitative estimate of drug-likeness (QED) is 0.708. The number of hydrogen-bond donors (Lipinski definition) is 1. The van der Waals surface area contributed by atoms with Crippen LogP contribution in [0.25, 0.3) is 0 Å². The van der Waals surface area contributed by atoms with Crippen LogP contribution in [0.2, 0.25) is 0 Å². The van der Waals surface area contributed by atoms with Gasteiger partial charge in [-0.05, 0) is 30.2 Å². The van der Waals surface area contributed by atoms with Gasteiger partial charge in [0.05, 0.1) is 29.6 Å². The fourth-order valence-electron chi connectivity index (χ4n) is 3.94. The van der Waals surface area contributed by atoms with Crippen molar-refractivity contribution in [3.05, 3.63) is 59.9 Å². The number of nitrogens with one attached hydrogen (secondary N) is 1. The van der Waals surface area contributed by atoms with Crippen molar-refractivity contribution in [2.45, 2.75) is 19.4 Å². The molecule has 4 rings (SSSR count). The van der Waals surface area contributed by atoms with E-state index in [1.807, 2.05) is 30.3 Å². The normalized spacial score (nSPS) is 18.5. The second kappa shape index (κ2) is 8.43. The molecular weight excluding hydrogens is 404 g/mol. The first-order valence-corrected chi connectivity index (χ1v) is 11.6. The minimum atomic E-state index is -3.52. The van der Waals surface area contributed by atoms with E-state index < -0.39 is 15.9 Å². The van der Waals surface area contributed by atoms with Crippen molar-refractivity contribution in [2.75, 3.05) is 29.7 Å². The van der Waals surface area contributed by atoms with Crippen LogP contribution in [-0.4, -0.2) is 55.5 Å². The van der Waals surface area contributed by atoms with Crippen LogP contribution in [0.3, 0.4) is 0 Å². The van der Waals surface area contributed by atoms with Crippen LogP contribution in [0.4, 0.5) is 5.69 Å². The minimum Gasteiger partial charge on any atom is -0.355 e. The van der Waals surface area contributed by atoms with E-state index in [4.69, 9.17) is 0 Å². The predicted octanol–water partition coefficient (Wildman–Crippen LogP) is 0.939. The fraction of sp³-hybridized carbons (Fsp3) is 0.381. The summed E-state index contributed by atoms with van der Waals surface area (Å²) in [6.07, 6.45) is 2.49. The Hall–Kier alpha value is -2.94. The lowest BCUT2D eigenvalue weighted by atomic mass is 10.1. The molecule has 1 aromatic carbocycles. The van der Waals surface area contributed by atoms with Crippen LogP contribution in [0.5, 0.6) is 0 Å². The first-order valence-electron chi connectivity index (χ1n) is 9.98. The van der Waals surface area contributed by atoms with Gasteiger partial charge in [0.15, 0.2) is 0 Å². The third kappa shape index (κ3) is 4.30. The van der Waals surface area contributed by atoms with Gasteiger partial charge in [-0.15, -0.1) is 0 Å². The molecule has 2 amide bonds. The molecule has 1 saturated heterocycles. The van der Waals surface area contributed by atoms with E-state index in [0.29, 0.717) is 26.1 Å². The molecule has 8 nitrogen and oxygen atoms in total. The zero-order valence-corrected chi connectivity index (χ0v) is 17.3. The molecule has 30 heavy (non-hydrogen) atoms. The molecule has 0 aliphatic carbocycles. The minimum absolute atomic E-state index is 0.0186. The summed E-state index contributed by atoms with van der Waals surface area (Å²) in [7, 11) is -3.52. The molecule has 0 saturated carbocycles. The van der Waals surface area contributed by atoms with Gasteiger partial charge < -0.3 is 10.2 Å². The van der Waals surface area contributed by atoms with E-state index in [-0.39, 0.29) is 30.5 Å². The highest BCUT2D eigenvalue weighted by Crippen LogP contribution is 2.29. The van der Waals surface area contributed by atoms with Crippen LogP contribution in [0.15, 0.2) is 48.7 Å². The smallest absolute Gasteiger partial charge is 0.236 e. The summed E-state index contributed by atoms with van der Waals surface area (Å²) in [5.74, 6) is -1.03. The lowest BCUT2D eigenvalue weighted by Crippen LogP contribution is -2.39. The molecule has 1 atom stereocenters. The Labute approximate surface area is 175 Å². The van der Waals surface area contributed by atoms with Crippen molar-refractivity contribution in [1.82, 2.24) is 15.2 Å². The Kier molecular flexibility index (Phi) is 5.72. The van der Waals surface area contributed by atoms with Gasteiger partial charge in [-0.2, -0.15) is 0 Å². The first-order chi connectivity index (χ1) is 14.4. The number of amides is 2.